The fourth-order valence-corrected chi connectivity index (χ4v) is 4.31. The third-order valence-corrected chi connectivity index (χ3v) is 6.65. The van der Waals surface area contributed by atoms with E-state index < -0.39 is 15.6 Å². The van der Waals surface area contributed by atoms with E-state index >= 15 is 0 Å². The van der Waals surface area contributed by atoms with Gasteiger partial charge in [0, 0.05) is 29.9 Å². The fraction of sp³-hybridized carbons (Fsp3) is 0.200. The molecule has 0 unspecified atom stereocenters. The van der Waals surface area contributed by atoms with Gasteiger partial charge in [-0.15, -0.1) is 0 Å². The summed E-state index contributed by atoms with van der Waals surface area (Å²) in [5, 5.41) is 2.97. The molecule has 0 atom stereocenters. The van der Waals surface area contributed by atoms with Crippen LogP contribution in [0.25, 0.3) is 32.7 Å². The van der Waals surface area contributed by atoms with Crippen LogP contribution in [0.1, 0.15) is 13.8 Å². The number of halogens is 3. The standard InChI is InChI=1S/C25H22F3NO3S/c1-16(2)29(3)21-14-12-17-8-4-6-10-19(17)23(21)24-20-11-7-5-9-18(20)13-15-22(24)32-33(30,31)25(26,27)28/h4-16H,1-3H3. The number of alkyl halides is 3. The van der Waals surface area contributed by atoms with E-state index in [2.05, 4.69) is 0 Å². The lowest BCUT2D eigenvalue weighted by Gasteiger charge is -2.28. The molecule has 0 aromatic heterocycles. The normalized spacial score (nSPS) is 12.5. The lowest BCUT2D eigenvalue weighted by atomic mass is 9.91. The highest BCUT2D eigenvalue weighted by Crippen LogP contribution is 2.46. The Labute approximate surface area is 190 Å². The van der Waals surface area contributed by atoms with Crippen molar-refractivity contribution in [2.75, 3.05) is 11.9 Å². The zero-order chi connectivity index (χ0) is 24.0. The molecule has 0 aliphatic carbocycles. The van der Waals surface area contributed by atoms with Gasteiger partial charge in [-0.25, -0.2) is 0 Å². The van der Waals surface area contributed by atoms with E-state index in [-0.39, 0.29) is 11.8 Å². The lowest BCUT2D eigenvalue weighted by molar-refractivity contribution is -0.0499. The third-order valence-electron chi connectivity index (χ3n) is 5.69. The summed E-state index contributed by atoms with van der Waals surface area (Å²) < 4.78 is 68.3. The molecule has 33 heavy (non-hydrogen) atoms. The van der Waals surface area contributed by atoms with Crippen LogP contribution in [0.2, 0.25) is 0 Å². The van der Waals surface area contributed by atoms with Gasteiger partial charge in [0.15, 0.2) is 5.75 Å². The van der Waals surface area contributed by atoms with Gasteiger partial charge in [0.25, 0.3) is 0 Å². The summed E-state index contributed by atoms with van der Waals surface area (Å²) in [5.74, 6) is -0.374. The predicted molar refractivity (Wildman–Crippen MR) is 126 cm³/mol. The number of fused-ring (bicyclic) bond motifs is 2. The average Bonchev–Trinajstić information content (AvgIpc) is 2.77. The SMILES string of the molecule is CC(C)N(C)c1ccc2ccccc2c1-c1c(OS(=O)(=O)C(F)(F)F)ccc2ccccc12. The largest absolute Gasteiger partial charge is 0.534 e. The molecule has 0 heterocycles. The predicted octanol–water partition coefficient (Wildman–Crippen LogP) is 6.73. The molecule has 4 rings (SSSR count). The quantitative estimate of drug-likeness (QED) is 0.238. The zero-order valence-electron chi connectivity index (χ0n) is 18.2. The average molecular weight is 474 g/mol. The first-order valence-electron chi connectivity index (χ1n) is 10.3. The van der Waals surface area contributed by atoms with Crippen LogP contribution in [-0.2, 0) is 10.1 Å². The van der Waals surface area contributed by atoms with Crippen molar-refractivity contribution in [3.8, 4) is 16.9 Å². The van der Waals surface area contributed by atoms with E-state index in [9.17, 15) is 21.6 Å². The van der Waals surface area contributed by atoms with Gasteiger partial charge in [-0.3, -0.25) is 0 Å². The van der Waals surface area contributed by atoms with E-state index in [1.54, 1.807) is 18.2 Å². The Hall–Kier alpha value is -3.26. The van der Waals surface area contributed by atoms with Crippen LogP contribution in [0.5, 0.6) is 5.75 Å². The van der Waals surface area contributed by atoms with Crippen molar-refractivity contribution < 1.29 is 25.8 Å². The van der Waals surface area contributed by atoms with E-state index in [1.807, 2.05) is 74.3 Å². The summed E-state index contributed by atoms with van der Waals surface area (Å²) in [4.78, 5) is 1.99. The van der Waals surface area contributed by atoms with Crippen molar-refractivity contribution in [1.82, 2.24) is 0 Å². The second-order valence-corrected chi connectivity index (χ2v) is 9.57. The molecule has 0 saturated carbocycles. The van der Waals surface area contributed by atoms with Gasteiger partial charge in [-0.1, -0.05) is 60.7 Å². The Balaban J connectivity index is 2.15. The summed E-state index contributed by atoms with van der Waals surface area (Å²) in [6, 6.07) is 21.3. The van der Waals surface area contributed by atoms with Gasteiger partial charge in [-0.05, 0) is 47.5 Å². The summed E-state index contributed by atoms with van der Waals surface area (Å²) in [7, 11) is -3.98. The molecule has 4 aromatic rings. The minimum atomic E-state index is -5.87. The van der Waals surface area contributed by atoms with Gasteiger partial charge in [0.05, 0.1) is 0 Å². The first-order chi connectivity index (χ1) is 15.5. The van der Waals surface area contributed by atoms with Crippen molar-refractivity contribution in [2.24, 2.45) is 0 Å². The van der Waals surface area contributed by atoms with Crippen LogP contribution in [0, 0.1) is 0 Å². The second-order valence-electron chi connectivity index (χ2n) is 8.03. The second kappa shape index (κ2) is 8.26. The lowest BCUT2D eigenvalue weighted by Crippen LogP contribution is -2.28. The molecule has 0 spiro atoms. The maximum atomic E-state index is 13.2. The van der Waals surface area contributed by atoms with Crippen molar-refractivity contribution in [3.63, 3.8) is 0 Å². The van der Waals surface area contributed by atoms with E-state index in [1.165, 1.54) is 6.07 Å². The van der Waals surface area contributed by atoms with Crippen molar-refractivity contribution >= 4 is 37.4 Å². The number of rotatable bonds is 5. The van der Waals surface area contributed by atoms with Crippen LogP contribution in [0.15, 0.2) is 72.8 Å². The fourth-order valence-electron chi connectivity index (χ4n) is 3.84. The summed E-state index contributed by atoms with van der Waals surface area (Å²) in [6.07, 6.45) is 0. The Morgan fingerprint density at radius 2 is 1.30 bits per heavy atom. The van der Waals surface area contributed by atoms with Gasteiger partial charge in [0.2, 0.25) is 0 Å². The third kappa shape index (κ3) is 4.11. The molecule has 0 aliphatic heterocycles. The topological polar surface area (TPSA) is 46.6 Å². The van der Waals surface area contributed by atoms with E-state index in [0.29, 0.717) is 16.5 Å². The first-order valence-corrected chi connectivity index (χ1v) is 11.7. The molecular weight excluding hydrogens is 451 g/mol. The smallest absolute Gasteiger partial charge is 0.375 e. The van der Waals surface area contributed by atoms with Gasteiger partial charge < -0.3 is 9.08 Å². The minimum absolute atomic E-state index is 0.0724. The maximum Gasteiger partial charge on any atom is 0.534 e. The summed E-state index contributed by atoms with van der Waals surface area (Å²) in [6.45, 7) is 3.99. The first kappa shape index (κ1) is 22.9. The molecule has 0 radical (unpaired) electrons. The molecule has 0 N–H and O–H groups in total. The molecule has 172 valence electrons. The van der Waals surface area contributed by atoms with Crippen molar-refractivity contribution in [1.29, 1.82) is 0 Å². The Bertz CT molecular complexity index is 1450. The van der Waals surface area contributed by atoms with E-state index in [0.717, 1.165) is 21.8 Å². The van der Waals surface area contributed by atoms with Crippen LogP contribution in [0.3, 0.4) is 0 Å². The molecule has 4 aromatic carbocycles. The summed E-state index contributed by atoms with van der Waals surface area (Å²) >= 11 is 0. The summed E-state index contributed by atoms with van der Waals surface area (Å²) in [5.41, 5.74) is -3.91. The minimum Gasteiger partial charge on any atom is -0.375 e. The highest BCUT2D eigenvalue weighted by Gasteiger charge is 2.49. The highest BCUT2D eigenvalue weighted by atomic mass is 32.2. The number of hydrogen-bond acceptors (Lipinski definition) is 4. The molecule has 0 bridgehead atoms. The van der Waals surface area contributed by atoms with Gasteiger partial charge >= 0.3 is 15.6 Å². The van der Waals surface area contributed by atoms with Crippen LogP contribution >= 0.6 is 0 Å². The zero-order valence-corrected chi connectivity index (χ0v) is 19.0. The number of hydrogen-bond donors (Lipinski definition) is 0. The number of benzene rings is 4. The molecule has 0 aliphatic rings. The molecule has 4 nitrogen and oxygen atoms in total. The Morgan fingerprint density at radius 3 is 1.85 bits per heavy atom. The molecule has 8 heteroatoms. The van der Waals surface area contributed by atoms with Crippen LogP contribution in [-0.4, -0.2) is 27.0 Å². The van der Waals surface area contributed by atoms with Crippen LogP contribution in [0.4, 0.5) is 18.9 Å². The molecule has 0 fully saturated rings. The molecule has 0 saturated heterocycles. The molecule has 0 amide bonds. The van der Waals surface area contributed by atoms with E-state index in [4.69, 9.17) is 4.18 Å². The van der Waals surface area contributed by atoms with Crippen LogP contribution < -0.4 is 9.08 Å². The number of anilines is 1. The van der Waals surface area contributed by atoms with Gasteiger partial charge in [0.1, 0.15) is 0 Å². The number of nitrogens with zero attached hydrogens (tertiary/aromatic N) is 1. The monoisotopic (exact) mass is 473 g/mol. The Morgan fingerprint density at radius 1 is 0.788 bits per heavy atom. The van der Waals surface area contributed by atoms with Crippen molar-refractivity contribution in [2.45, 2.75) is 25.4 Å². The van der Waals surface area contributed by atoms with Crippen molar-refractivity contribution in [3.05, 3.63) is 72.8 Å². The Kier molecular flexibility index (Phi) is 5.74. The maximum absolute atomic E-state index is 13.2. The molecular formula is C25H22F3NO3S. The van der Waals surface area contributed by atoms with Gasteiger partial charge in [-0.2, -0.15) is 21.6 Å². The highest BCUT2D eigenvalue weighted by molar-refractivity contribution is 7.88.